The Morgan fingerprint density at radius 3 is 2.45 bits per heavy atom. The van der Waals surface area contributed by atoms with Crippen molar-refractivity contribution in [3.63, 3.8) is 0 Å². The van der Waals surface area contributed by atoms with Gasteiger partial charge in [0.25, 0.3) is 0 Å². The normalized spacial score (nSPS) is 10.4. The van der Waals surface area contributed by atoms with Crippen LogP contribution in [0.15, 0.2) is 36.4 Å². The van der Waals surface area contributed by atoms with Crippen LogP contribution in [0.25, 0.3) is 0 Å². The largest absolute Gasteiger partial charge is 0.365 e. The summed E-state index contributed by atoms with van der Waals surface area (Å²) in [5, 5.41) is 2.92. The molecule has 0 unspecified atom stereocenters. The highest BCUT2D eigenvalue weighted by Crippen LogP contribution is 2.20. The predicted octanol–water partition coefficient (Wildman–Crippen LogP) is 4.17. The Bertz CT molecular complexity index is 683. The molecule has 0 radical (unpaired) electrons. The third kappa shape index (κ3) is 4.21. The topological polar surface area (TPSA) is 32.3 Å². The second kappa shape index (κ2) is 6.79. The van der Waals surface area contributed by atoms with Crippen molar-refractivity contribution in [1.29, 1.82) is 0 Å². The minimum absolute atomic E-state index is 0.0892. The minimum Gasteiger partial charge on any atom is -0.365 e. The first-order valence-electron chi connectivity index (χ1n) is 6.89. The molecule has 2 aromatic rings. The van der Waals surface area contributed by atoms with Crippen LogP contribution in [0.1, 0.15) is 11.1 Å². The SMILES string of the molecule is Cc1cc(C)cc(N(C)CC(=O)Nc2cc(Cl)ccc2F)c1. The number of anilines is 2. The molecule has 0 saturated carbocycles. The van der Waals surface area contributed by atoms with E-state index in [-0.39, 0.29) is 18.1 Å². The summed E-state index contributed by atoms with van der Waals surface area (Å²) in [6.07, 6.45) is 0. The smallest absolute Gasteiger partial charge is 0.243 e. The summed E-state index contributed by atoms with van der Waals surface area (Å²) in [7, 11) is 1.82. The molecule has 2 rings (SSSR count). The van der Waals surface area contributed by atoms with E-state index >= 15 is 0 Å². The van der Waals surface area contributed by atoms with Crippen molar-refractivity contribution in [2.24, 2.45) is 0 Å². The van der Waals surface area contributed by atoms with Crippen molar-refractivity contribution < 1.29 is 9.18 Å². The van der Waals surface area contributed by atoms with Gasteiger partial charge >= 0.3 is 0 Å². The molecule has 0 aliphatic carbocycles. The molecule has 0 heterocycles. The van der Waals surface area contributed by atoms with Crippen molar-refractivity contribution >= 4 is 28.9 Å². The van der Waals surface area contributed by atoms with Gasteiger partial charge in [0.2, 0.25) is 5.91 Å². The molecule has 1 N–H and O–H groups in total. The Hall–Kier alpha value is -2.07. The summed E-state index contributed by atoms with van der Waals surface area (Å²) < 4.78 is 13.6. The Morgan fingerprint density at radius 2 is 1.82 bits per heavy atom. The van der Waals surface area contributed by atoms with Crippen molar-refractivity contribution in [2.45, 2.75) is 13.8 Å². The van der Waals surface area contributed by atoms with E-state index in [1.54, 1.807) is 0 Å². The maximum Gasteiger partial charge on any atom is 0.243 e. The Morgan fingerprint density at radius 1 is 1.18 bits per heavy atom. The van der Waals surface area contributed by atoms with Crippen molar-refractivity contribution in [1.82, 2.24) is 0 Å². The van der Waals surface area contributed by atoms with Gasteiger partial charge < -0.3 is 10.2 Å². The highest BCUT2D eigenvalue weighted by molar-refractivity contribution is 6.30. The van der Waals surface area contributed by atoms with Crippen LogP contribution >= 0.6 is 11.6 Å². The molecule has 0 bridgehead atoms. The predicted molar refractivity (Wildman–Crippen MR) is 89.2 cm³/mol. The number of aryl methyl sites for hydroxylation is 2. The van der Waals surface area contributed by atoms with E-state index in [2.05, 4.69) is 11.4 Å². The van der Waals surface area contributed by atoms with Gasteiger partial charge in [0.15, 0.2) is 0 Å². The van der Waals surface area contributed by atoms with Gasteiger partial charge in [0.05, 0.1) is 12.2 Å². The van der Waals surface area contributed by atoms with Crippen LogP contribution in [0.5, 0.6) is 0 Å². The number of likely N-dealkylation sites (N-methyl/N-ethyl adjacent to an activating group) is 1. The number of carbonyl (C=O) groups excluding carboxylic acids is 1. The average Bonchev–Trinajstić information content (AvgIpc) is 2.41. The zero-order chi connectivity index (χ0) is 16.3. The maximum absolute atomic E-state index is 13.6. The molecule has 0 spiro atoms. The quantitative estimate of drug-likeness (QED) is 0.917. The molecule has 3 nitrogen and oxygen atoms in total. The summed E-state index contributed by atoms with van der Waals surface area (Å²) in [6, 6.07) is 10.1. The fourth-order valence-electron chi connectivity index (χ4n) is 2.26. The van der Waals surface area contributed by atoms with Crippen LogP contribution in [0, 0.1) is 19.7 Å². The van der Waals surface area contributed by atoms with Gasteiger partial charge in [-0.2, -0.15) is 0 Å². The van der Waals surface area contributed by atoms with Crippen LogP contribution in [-0.2, 0) is 4.79 Å². The van der Waals surface area contributed by atoms with Gasteiger partial charge in [-0.15, -0.1) is 0 Å². The monoisotopic (exact) mass is 320 g/mol. The molecule has 2 aromatic carbocycles. The van der Waals surface area contributed by atoms with Gasteiger partial charge in [-0.3, -0.25) is 4.79 Å². The van der Waals surface area contributed by atoms with Crippen LogP contribution in [0.2, 0.25) is 5.02 Å². The first kappa shape index (κ1) is 16.3. The Labute approximate surface area is 134 Å². The Kier molecular flexibility index (Phi) is 5.03. The summed E-state index contributed by atoms with van der Waals surface area (Å²) in [6.45, 7) is 4.13. The summed E-state index contributed by atoms with van der Waals surface area (Å²) in [4.78, 5) is 13.9. The highest BCUT2D eigenvalue weighted by atomic mass is 35.5. The molecule has 0 fully saturated rings. The number of hydrogen-bond acceptors (Lipinski definition) is 2. The number of halogens is 2. The molecule has 0 aliphatic heterocycles. The molecular weight excluding hydrogens is 303 g/mol. The van der Waals surface area contributed by atoms with Gasteiger partial charge in [-0.05, 0) is 55.3 Å². The number of rotatable bonds is 4. The first-order chi connectivity index (χ1) is 10.3. The van der Waals surface area contributed by atoms with Crippen molar-refractivity contribution in [3.05, 3.63) is 58.4 Å². The lowest BCUT2D eigenvalue weighted by Crippen LogP contribution is -2.30. The van der Waals surface area contributed by atoms with Gasteiger partial charge in [-0.25, -0.2) is 4.39 Å². The number of benzene rings is 2. The van der Waals surface area contributed by atoms with E-state index in [9.17, 15) is 9.18 Å². The van der Waals surface area contributed by atoms with Crippen molar-refractivity contribution in [3.8, 4) is 0 Å². The lowest BCUT2D eigenvalue weighted by atomic mass is 10.1. The number of amides is 1. The van der Waals surface area contributed by atoms with Crippen LogP contribution < -0.4 is 10.2 Å². The second-order valence-electron chi connectivity index (χ2n) is 5.37. The number of carbonyl (C=O) groups is 1. The van der Waals surface area contributed by atoms with E-state index in [1.165, 1.54) is 18.2 Å². The summed E-state index contributed by atoms with van der Waals surface area (Å²) >= 11 is 5.81. The molecule has 22 heavy (non-hydrogen) atoms. The van der Waals surface area contributed by atoms with Crippen LogP contribution in [0.4, 0.5) is 15.8 Å². The number of hydrogen-bond donors (Lipinski definition) is 1. The first-order valence-corrected chi connectivity index (χ1v) is 7.27. The zero-order valence-corrected chi connectivity index (χ0v) is 13.5. The lowest BCUT2D eigenvalue weighted by Gasteiger charge is -2.20. The molecule has 0 aromatic heterocycles. The maximum atomic E-state index is 13.6. The van der Waals surface area contributed by atoms with Gasteiger partial charge in [0, 0.05) is 17.8 Å². The Balaban J connectivity index is 2.06. The zero-order valence-electron chi connectivity index (χ0n) is 12.8. The minimum atomic E-state index is -0.508. The molecular formula is C17H18ClFN2O. The fourth-order valence-corrected chi connectivity index (χ4v) is 2.43. The lowest BCUT2D eigenvalue weighted by molar-refractivity contribution is -0.114. The van der Waals surface area contributed by atoms with E-state index < -0.39 is 5.82 Å². The van der Waals surface area contributed by atoms with Crippen molar-refractivity contribution in [2.75, 3.05) is 23.8 Å². The van der Waals surface area contributed by atoms with E-state index in [1.807, 2.05) is 37.9 Å². The number of nitrogens with zero attached hydrogens (tertiary/aromatic N) is 1. The third-order valence-corrected chi connectivity index (χ3v) is 3.47. The highest BCUT2D eigenvalue weighted by Gasteiger charge is 2.11. The van der Waals surface area contributed by atoms with E-state index in [0.29, 0.717) is 5.02 Å². The average molecular weight is 321 g/mol. The van der Waals surface area contributed by atoms with E-state index in [4.69, 9.17) is 11.6 Å². The molecule has 0 saturated heterocycles. The number of nitrogens with one attached hydrogen (secondary N) is 1. The van der Waals surface area contributed by atoms with E-state index in [0.717, 1.165) is 16.8 Å². The molecule has 1 amide bonds. The standard InChI is InChI=1S/C17H18ClFN2O/c1-11-6-12(2)8-14(7-11)21(3)10-17(22)20-16-9-13(18)4-5-15(16)19/h4-9H,10H2,1-3H3,(H,20,22). The third-order valence-electron chi connectivity index (χ3n) is 3.23. The molecule has 5 heteroatoms. The summed E-state index contributed by atoms with van der Waals surface area (Å²) in [5.41, 5.74) is 3.29. The van der Waals surface area contributed by atoms with Crippen LogP contribution in [0.3, 0.4) is 0 Å². The molecule has 0 aliphatic rings. The van der Waals surface area contributed by atoms with Gasteiger partial charge in [-0.1, -0.05) is 17.7 Å². The molecule has 116 valence electrons. The van der Waals surface area contributed by atoms with Crippen LogP contribution in [-0.4, -0.2) is 19.5 Å². The second-order valence-corrected chi connectivity index (χ2v) is 5.81. The summed E-state index contributed by atoms with van der Waals surface area (Å²) in [5.74, 6) is -0.811. The van der Waals surface area contributed by atoms with Gasteiger partial charge in [0.1, 0.15) is 5.82 Å². The molecule has 0 atom stereocenters. The fraction of sp³-hybridized carbons (Fsp3) is 0.235.